The van der Waals surface area contributed by atoms with Crippen molar-refractivity contribution in [3.63, 3.8) is 0 Å². The lowest BCUT2D eigenvalue weighted by Crippen LogP contribution is -2.37. The molecule has 0 heterocycles. The molecule has 8 nitrogen and oxygen atoms in total. The number of quaternary nitrogens is 1. The number of phosphoric ester groups is 1. The lowest BCUT2D eigenvalue weighted by molar-refractivity contribution is -0.870. The predicted molar refractivity (Wildman–Crippen MR) is 286 cm³/mol. The lowest BCUT2D eigenvalue weighted by Gasteiger charge is -2.28. The maximum atomic E-state index is 12.8. The molecule has 0 N–H and O–H groups in total. The molecule has 9 heteroatoms. The lowest BCUT2D eigenvalue weighted by atomic mass is 10.0. The van der Waals surface area contributed by atoms with Gasteiger partial charge in [0.2, 0.25) is 0 Å². The third-order valence-electron chi connectivity index (χ3n) is 12.4. The van der Waals surface area contributed by atoms with Crippen molar-refractivity contribution < 1.29 is 37.3 Å². The number of hydrogen-bond donors (Lipinski definition) is 0. The third-order valence-corrected chi connectivity index (χ3v) is 13.3. The fourth-order valence-corrected chi connectivity index (χ4v) is 8.69. The van der Waals surface area contributed by atoms with E-state index in [2.05, 4.69) is 62.5 Å². The highest BCUT2D eigenvalue weighted by atomic mass is 31.2. The number of carbonyl (C=O) groups excluding carboxylic acids is 1. The minimum atomic E-state index is -4.54. The van der Waals surface area contributed by atoms with Crippen molar-refractivity contribution in [2.45, 2.75) is 264 Å². The summed E-state index contributed by atoms with van der Waals surface area (Å²) in [7, 11) is 1.35. The van der Waals surface area contributed by atoms with E-state index in [4.69, 9.17) is 18.5 Å². The fourth-order valence-electron chi connectivity index (χ4n) is 7.96. The quantitative estimate of drug-likeness (QED) is 0.0197. The van der Waals surface area contributed by atoms with Crippen molar-refractivity contribution >= 4 is 13.8 Å². The molecule has 0 aromatic heterocycles. The van der Waals surface area contributed by atoms with Gasteiger partial charge in [0.1, 0.15) is 19.3 Å². The standard InChI is InChI=1S/C58H110NO7P/c1-6-8-10-12-14-16-18-20-22-24-26-28-29-30-31-32-33-35-37-39-41-43-45-47-49-51-58(60)66-57(56-65-67(61,62)64-54-52-59(3,4)5)55-63-53-50-48-46-44-42-40-38-36-34-27-25-23-21-19-17-15-13-11-9-7-2/h15,17,21,23-24,26-27,34,57H,6-14,16,18-20,22,25,28-33,35-56H2,1-5H3/b17-15-,23-21-,26-24-,34-27-. The van der Waals surface area contributed by atoms with Crippen molar-refractivity contribution in [2.24, 2.45) is 0 Å². The van der Waals surface area contributed by atoms with Crippen LogP contribution in [0.3, 0.4) is 0 Å². The van der Waals surface area contributed by atoms with Crippen LogP contribution >= 0.6 is 7.82 Å². The molecule has 0 amide bonds. The minimum absolute atomic E-state index is 0.0236. The van der Waals surface area contributed by atoms with Gasteiger partial charge in [0, 0.05) is 13.0 Å². The third kappa shape index (κ3) is 55.3. The van der Waals surface area contributed by atoms with Crippen LogP contribution in [0.4, 0.5) is 0 Å². The van der Waals surface area contributed by atoms with Crippen molar-refractivity contribution in [1.82, 2.24) is 0 Å². The largest absolute Gasteiger partial charge is 0.756 e. The molecule has 0 spiro atoms. The molecule has 394 valence electrons. The molecule has 0 saturated carbocycles. The van der Waals surface area contributed by atoms with E-state index < -0.39 is 13.9 Å². The summed E-state index contributed by atoms with van der Waals surface area (Å²) in [6.45, 7) is 5.40. The van der Waals surface area contributed by atoms with E-state index in [1.165, 1.54) is 186 Å². The first kappa shape index (κ1) is 65.5. The molecule has 0 radical (unpaired) electrons. The molecule has 2 unspecified atom stereocenters. The van der Waals surface area contributed by atoms with E-state index in [1.54, 1.807) is 0 Å². The van der Waals surface area contributed by atoms with E-state index in [1.807, 2.05) is 21.1 Å². The molecular weight excluding hydrogens is 854 g/mol. The van der Waals surface area contributed by atoms with Gasteiger partial charge in [-0.1, -0.05) is 223 Å². The molecule has 0 aliphatic heterocycles. The fraction of sp³-hybridized carbons (Fsp3) is 0.845. The Bertz CT molecular complexity index is 1210. The van der Waals surface area contributed by atoms with E-state index in [0.29, 0.717) is 24.1 Å². The number of phosphoric acid groups is 1. The predicted octanol–water partition coefficient (Wildman–Crippen LogP) is 17.2. The highest BCUT2D eigenvalue weighted by Crippen LogP contribution is 2.38. The van der Waals surface area contributed by atoms with E-state index in [0.717, 1.165) is 51.4 Å². The molecule has 0 aliphatic rings. The Morgan fingerprint density at radius 3 is 1.27 bits per heavy atom. The molecule has 0 aliphatic carbocycles. The summed E-state index contributed by atoms with van der Waals surface area (Å²) in [4.78, 5) is 25.2. The average molecular weight is 964 g/mol. The number of carbonyl (C=O) groups is 1. The van der Waals surface area contributed by atoms with Crippen molar-refractivity contribution in [3.05, 3.63) is 48.6 Å². The normalized spacial score (nSPS) is 13.8. The molecule has 0 aromatic carbocycles. The Morgan fingerprint density at radius 1 is 0.463 bits per heavy atom. The second-order valence-electron chi connectivity index (χ2n) is 20.3. The van der Waals surface area contributed by atoms with Crippen LogP contribution in [0.2, 0.25) is 0 Å². The Labute approximate surface area is 416 Å². The van der Waals surface area contributed by atoms with Gasteiger partial charge in [0.05, 0.1) is 34.4 Å². The van der Waals surface area contributed by atoms with E-state index >= 15 is 0 Å². The summed E-state index contributed by atoms with van der Waals surface area (Å²) >= 11 is 0. The Morgan fingerprint density at radius 2 is 0.821 bits per heavy atom. The second kappa shape index (κ2) is 50.8. The van der Waals surface area contributed by atoms with Gasteiger partial charge in [-0.25, -0.2) is 0 Å². The van der Waals surface area contributed by atoms with Gasteiger partial charge in [-0.05, 0) is 77.0 Å². The maximum Gasteiger partial charge on any atom is 0.306 e. The smallest absolute Gasteiger partial charge is 0.306 e. The van der Waals surface area contributed by atoms with Gasteiger partial charge in [0.25, 0.3) is 7.82 Å². The van der Waals surface area contributed by atoms with E-state index in [9.17, 15) is 14.3 Å². The van der Waals surface area contributed by atoms with Crippen LogP contribution in [0.15, 0.2) is 48.6 Å². The Kier molecular flexibility index (Phi) is 49.7. The molecular formula is C58H110NO7P. The number of esters is 1. The first-order chi connectivity index (χ1) is 32.6. The number of likely N-dealkylation sites (N-methyl/N-ethyl adjacent to an activating group) is 1. The van der Waals surface area contributed by atoms with Gasteiger partial charge < -0.3 is 27.9 Å². The number of nitrogens with zero attached hydrogens (tertiary/aromatic N) is 1. The van der Waals surface area contributed by atoms with Crippen LogP contribution in [-0.2, 0) is 27.9 Å². The molecule has 0 saturated heterocycles. The van der Waals surface area contributed by atoms with Gasteiger partial charge in [-0.3, -0.25) is 9.36 Å². The number of ether oxygens (including phenoxy) is 2. The minimum Gasteiger partial charge on any atom is -0.756 e. The summed E-state index contributed by atoms with van der Waals surface area (Å²) in [5.74, 6) is -0.335. The Hall–Kier alpha value is -1.54. The zero-order chi connectivity index (χ0) is 49.0. The molecule has 0 fully saturated rings. The van der Waals surface area contributed by atoms with Crippen molar-refractivity contribution in [2.75, 3.05) is 54.1 Å². The van der Waals surface area contributed by atoms with Crippen molar-refractivity contribution in [1.29, 1.82) is 0 Å². The SMILES string of the molecule is CCCCC/C=C\C/C=C\C/C=C\CCCCCCCCCOCC(COP(=O)([O-])OCC[N+](C)(C)C)OC(=O)CCCCCCCCCCCCCCC/C=C\CCCCCCCCCC. The zero-order valence-corrected chi connectivity index (χ0v) is 45.7. The summed E-state index contributed by atoms with van der Waals surface area (Å²) in [6, 6.07) is 0. The van der Waals surface area contributed by atoms with Gasteiger partial charge in [-0.15, -0.1) is 0 Å². The van der Waals surface area contributed by atoms with Crippen molar-refractivity contribution in [3.8, 4) is 0 Å². The van der Waals surface area contributed by atoms with Crippen LogP contribution < -0.4 is 4.89 Å². The maximum absolute atomic E-state index is 12.8. The molecule has 0 rings (SSSR count). The van der Waals surface area contributed by atoms with Gasteiger partial charge in [0.15, 0.2) is 0 Å². The second-order valence-corrected chi connectivity index (χ2v) is 21.7. The van der Waals surface area contributed by atoms with Crippen LogP contribution in [0.5, 0.6) is 0 Å². The number of hydrogen-bond acceptors (Lipinski definition) is 7. The first-order valence-corrected chi connectivity index (χ1v) is 29.8. The average Bonchev–Trinajstić information content (AvgIpc) is 3.29. The summed E-state index contributed by atoms with van der Waals surface area (Å²) < 4.78 is 34.8. The zero-order valence-electron chi connectivity index (χ0n) is 44.9. The first-order valence-electron chi connectivity index (χ1n) is 28.4. The van der Waals surface area contributed by atoms with Crippen LogP contribution in [-0.4, -0.2) is 70.7 Å². The molecule has 67 heavy (non-hydrogen) atoms. The van der Waals surface area contributed by atoms with E-state index in [-0.39, 0.29) is 25.8 Å². The monoisotopic (exact) mass is 964 g/mol. The number of rotatable bonds is 53. The molecule has 0 bridgehead atoms. The van der Waals surface area contributed by atoms with Crippen LogP contribution in [0.1, 0.15) is 258 Å². The number of allylic oxidation sites excluding steroid dienone is 8. The highest BCUT2D eigenvalue weighted by molar-refractivity contribution is 7.45. The Balaban J connectivity index is 4.08. The summed E-state index contributed by atoms with van der Waals surface area (Å²) in [5, 5.41) is 0. The summed E-state index contributed by atoms with van der Waals surface area (Å²) in [5.41, 5.74) is 0. The van der Waals surface area contributed by atoms with Crippen LogP contribution in [0, 0.1) is 0 Å². The summed E-state index contributed by atoms with van der Waals surface area (Å²) in [6.07, 6.45) is 64.3. The van der Waals surface area contributed by atoms with Gasteiger partial charge in [-0.2, -0.15) is 0 Å². The van der Waals surface area contributed by atoms with Crippen LogP contribution in [0.25, 0.3) is 0 Å². The number of unbranched alkanes of at least 4 members (excludes halogenated alkanes) is 31. The highest BCUT2D eigenvalue weighted by Gasteiger charge is 2.20. The molecule has 2 atom stereocenters. The topological polar surface area (TPSA) is 94.1 Å². The molecule has 0 aromatic rings. The van der Waals surface area contributed by atoms with Gasteiger partial charge >= 0.3 is 5.97 Å².